The number of furan rings is 1. The Bertz CT molecular complexity index is 735. The van der Waals surface area contributed by atoms with Gasteiger partial charge in [-0.25, -0.2) is 4.39 Å². The van der Waals surface area contributed by atoms with Crippen LogP contribution in [0.1, 0.15) is 17.4 Å². The first-order valence-electron chi connectivity index (χ1n) is 6.77. The van der Waals surface area contributed by atoms with Crippen LogP contribution in [-0.2, 0) is 6.42 Å². The number of hydrogen-bond donors (Lipinski definition) is 1. The van der Waals surface area contributed by atoms with Gasteiger partial charge in [0.25, 0.3) is 0 Å². The molecule has 0 saturated heterocycles. The zero-order valence-corrected chi connectivity index (χ0v) is 12.3. The van der Waals surface area contributed by atoms with Crippen LogP contribution in [0.15, 0.2) is 52.9 Å². The predicted octanol–water partition coefficient (Wildman–Crippen LogP) is 4.73. The van der Waals surface area contributed by atoms with Crippen LogP contribution in [0, 0.1) is 5.82 Å². The number of fused-ring (bicyclic) bond motifs is 1. The van der Waals surface area contributed by atoms with E-state index in [9.17, 15) is 4.39 Å². The van der Waals surface area contributed by atoms with Gasteiger partial charge in [0.2, 0.25) is 0 Å². The Morgan fingerprint density at radius 3 is 2.76 bits per heavy atom. The minimum absolute atomic E-state index is 0.106. The first kappa shape index (κ1) is 14.1. The molecule has 0 bridgehead atoms. The molecule has 0 aliphatic carbocycles. The average Bonchev–Trinajstić information content (AvgIpc) is 2.91. The number of rotatable bonds is 4. The zero-order chi connectivity index (χ0) is 14.8. The highest BCUT2D eigenvalue weighted by Gasteiger charge is 2.17. The molecule has 0 spiro atoms. The number of likely N-dealkylation sites (N-methyl/N-ethyl adjacent to an activating group) is 1. The third-order valence-corrected chi connectivity index (χ3v) is 3.80. The third kappa shape index (κ3) is 2.94. The Kier molecular flexibility index (Phi) is 3.95. The highest BCUT2D eigenvalue weighted by Crippen LogP contribution is 2.27. The molecule has 4 heteroatoms. The molecule has 1 atom stereocenters. The molecule has 2 nitrogen and oxygen atoms in total. The zero-order valence-electron chi connectivity index (χ0n) is 11.6. The summed E-state index contributed by atoms with van der Waals surface area (Å²) in [5.41, 5.74) is 1.40. The van der Waals surface area contributed by atoms with E-state index in [1.165, 1.54) is 6.07 Å². The van der Waals surface area contributed by atoms with Gasteiger partial charge < -0.3 is 9.73 Å². The summed E-state index contributed by atoms with van der Waals surface area (Å²) in [6.07, 6.45) is 0.475. The highest BCUT2D eigenvalue weighted by atomic mass is 35.5. The van der Waals surface area contributed by atoms with E-state index in [-0.39, 0.29) is 11.9 Å². The molecule has 0 amide bonds. The molecular formula is C17H15ClFNO. The lowest BCUT2D eigenvalue weighted by atomic mass is 10.0. The summed E-state index contributed by atoms with van der Waals surface area (Å²) in [6.45, 7) is 0. The second-order valence-electron chi connectivity index (χ2n) is 4.97. The van der Waals surface area contributed by atoms with Crippen LogP contribution in [0.4, 0.5) is 4.39 Å². The third-order valence-electron chi connectivity index (χ3n) is 3.57. The Morgan fingerprint density at radius 2 is 2.00 bits per heavy atom. The lowest BCUT2D eigenvalue weighted by molar-refractivity contribution is 0.445. The topological polar surface area (TPSA) is 25.2 Å². The first-order valence-corrected chi connectivity index (χ1v) is 7.15. The Hall–Kier alpha value is -1.84. The number of benzene rings is 2. The van der Waals surface area contributed by atoms with Crippen molar-refractivity contribution < 1.29 is 8.81 Å². The maximum Gasteiger partial charge on any atom is 0.134 e. The lowest BCUT2D eigenvalue weighted by Crippen LogP contribution is -2.18. The first-order chi connectivity index (χ1) is 10.2. The summed E-state index contributed by atoms with van der Waals surface area (Å²) >= 11 is 5.94. The van der Waals surface area contributed by atoms with Gasteiger partial charge in [0.15, 0.2) is 0 Å². The van der Waals surface area contributed by atoms with Gasteiger partial charge in [-0.1, -0.05) is 29.8 Å². The van der Waals surface area contributed by atoms with E-state index in [1.807, 2.05) is 37.4 Å². The molecule has 0 aliphatic heterocycles. The van der Waals surface area contributed by atoms with E-state index < -0.39 is 0 Å². The molecule has 108 valence electrons. The van der Waals surface area contributed by atoms with Crippen LogP contribution >= 0.6 is 11.6 Å². The molecule has 1 unspecified atom stereocenters. The van der Waals surface area contributed by atoms with E-state index in [2.05, 4.69) is 5.32 Å². The normalized spacial score (nSPS) is 12.7. The van der Waals surface area contributed by atoms with Crippen LogP contribution in [-0.4, -0.2) is 7.05 Å². The monoisotopic (exact) mass is 303 g/mol. The van der Waals surface area contributed by atoms with E-state index >= 15 is 0 Å². The van der Waals surface area contributed by atoms with E-state index in [1.54, 1.807) is 12.1 Å². The molecule has 1 N–H and O–H groups in total. The molecule has 0 radical (unpaired) electrons. The maximum atomic E-state index is 13.9. The summed E-state index contributed by atoms with van der Waals surface area (Å²) < 4.78 is 19.7. The van der Waals surface area contributed by atoms with Crippen LogP contribution in [0.25, 0.3) is 11.0 Å². The van der Waals surface area contributed by atoms with E-state index in [0.29, 0.717) is 17.0 Å². The van der Waals surface area contributed by atoms with Crippen molar-refractivity contribution in [3.05, 3.63) is 70.7 Å². The van der Waals surface area contributed by atoms with Crippen molar-refractivity contribution in [3.63, 3.8) is 0 Å². The van der Waals surface area contributed by atoms with E-state index in [4.69, 9.17) is 16.0 Å². The lowest BCUT2D eigenvalue weighted by Gasteiger charge is -2.14. The summed E-state index contributed by atoms with van der Waals surface area (Å²) in [5.74, 6) is 0.536. The van der Waals surface area contributed by atoms with Crippen molar-refractivity contribution >= 4 is 22.6 Å². The van der Waals surface area contributed by atoms with Gasteiger partial charge >= 0.3 is 0 Å². The number of hydrogen-bond acceptors (Lipinski definition) is 2. The minimum atomic E-state index is -0.254. The fourth-order valence-electron chi connectivity index (χ4n) is 2.44. The molecular weight excluding hydrogens is 289 g/mol. The second kappa shape index (κ2) is 5.88. The molecule has 1 aromatic heterocycles. The molecule has 1 heterocycles. The van der Waals surface area contributed by atoms with Crippen molar-refractivity contribution in [2.45, 2.75) is 12.5 Å². The number of halogens is 2. The average molecular weight is 304 g/mol. The van der Waals surface area contributed by atoms with Crippen molar-refractivity contribution in [2.24, 2.45) is 0 Å². The van der Waals surface area contributed by atoms with Gasteiger partial charge in [-0.15, -0.1) is 0 Å². The molecule has 3 rings (SSSR count). The van der Waals surface area contributed by atoms with Crippen LogP contribution in [0.3, 0.4) is 0 Å². The van der Waals surface area contributed by atoms with Gasteiger partial charge in [0.05, 0.1) is 6.04 Å². The fourth-order valence-corrected chi connectivity index (χ4v) is 2.63. The standard InChI is InChI=1S/C17H15ClFNO/c1-20-15(9-12-8-13(18)6-7-14(12)19)17-10-11-4-2-3-5-16(11)21-17/h2-8,10,15,20H,9H2,1H3. The maximum absolute atomic E-state index is 13.9. The van der Waals surface area contributed by atoms with Crippen molar-refractivity contribution in [2.75, 3.05) is 7.05 Å². The predicted molar refractivity (Wildman–Crippen MR) is 83.1 cm³/mol. The van der Waals surface area contributed by atoms with Gasteiger partial charge in [-0.05, 0) is 49.4 Å². The summed E-state index contributed by atoms with van der Waals surface area (Å²) in [6, 6.07) is 14.3. The molecule has 2 aromatic carbocycles. The summed E-state index contributed by atoms with van der Waals surface area (Å²) in [5, 5.41) is 4.75. The molecule has 0 fully saturated rings. The molecule has 21 heavy (non-hydrogen) atoms. The SMILES string of the molecule is CNC(Cc1cc(Cl)ccc1F)c1cc2ccccc2o1. The van der Waals surface area contributed by atoms with Crippen LogP contribution in [0.2, 0.25) is 5.02 Å². The van der Waals surface area contributed by atoms with Gasteiger partial charge in [-0.2, -0.15) is 0 Å². The Morgan fingerprint density at radius 1 is 1.19 bits per heavy atom. The fraction of sp³-hybridized carbons (Fsp3) is 0.176. The molecule has 0 saturated carbocycles. The smallest absolute Gasteiger partial charge is 0.134 e. The second-order valence-corrected chi connectivity index (χ2v) is 5.40. The summed E-state index contributed by atoms with van der Waals surface area (Å²) in [4.78, 5) is 0. The minimum Gasteiger partial charge on any atom is -0.459 e. The van der Waals surface area contributed by atoms with Crippen molar-refractivity contribution in [1.29, 1.82) is 0 Å². The highest BCUT2D eigenvalue weighted by molar-refractivity contribution is 6.30. The van der Waals surface area contributed by atoms with Gasteiger partial charge in [-0.3, -0.25) is 0 Å². The van der Waals surface area contributed by atoms with Crippen LogP contribution in [0.5, 0.6) is 0 Å². The van der Waals surface area contributed by atoms with Crippen LogP contribution < -0.4 is 5.32 Å². The number of para-hydroxylation sites is 1. The van der Waals surface area contributed by atoms with Gasteiger partial charge in [0, 0.05) is 10.4 Å². The van der Waals surface area contributed by atoms with E-state index in [0.717, 1.165) is 16.7 Å². The van der Waals surface area contributed by atoms with Crippen molar-refractivity contribution in [3.8, 4) is 0 Å². The Labute approximate surface area is 127 Å². The van der Waals surface area contributed by atoms with Gasteiger partial charge in [0.1, 0.15) is 17.2 Å². The molecule has 3 aromatic rings. The molecule has 0 aliphatic rings. The summed E-state index contributed by atoms with van der Waals surface area (Å²) in [7, 11) is 1.83. The number of nitrogens with one attached hydrogen (secondary N) is 1. The Balaban J connectivity index is 1.92. The quantitative estimate of drug-likeness (QED) is 0.754. The largest absolute Gasteiger partial charge is 0.459 e. The van der Waals surface area contributed by atoms with Crippen molar-refractivity contribution in [1.82, 2.24) is 5.32 Å².